The molecule has 2 heterocycles. The van der Waals surface area contributed by atoms with Crippen molar-refractivity contribution in [3.63, 3.8) is 0 Å². The van der Waals surface area contributed by atoms with Crippen LogP contribution in [0.4, 0.5) is 5.69 Å². The fraction of sp³-hybridized carbons (Fsp3) is 0.118. The number of hydrogen-bond acceptors (Lipinski definition) is 4. The molecule has 0 aliphatic carbocycles. The van der Waals surface area contributed by atoms with E-state index in [1.807, 2.05) is 28.7 Å². The number of rotatable bonds is 3. The lowest BCUT2D eigenvalue weighted by Gasteiger charge is -2.10. The van der Waals surface area contributed by atoms with Crippen LogP contribution in [0.5, 0.6) is 0 Å². The molecule has 0 atom stereocenters. The summed E-state index contributed by atoms with van der Waals surface area (Å²) in [5, 5.41) is 13.3. The van der Waals surface area contributed by atoms with Gasteiger partial charge in [0.25, 0.3) is 5.56 Å². The highest BCUT2D eigenvalue weighted by molar-refractivity contribution is 6.36. The van der Waals surface area contributed by atoms with E-state index < -0.39 is 0 Å². The number of nitrogens with zero attached hydrogens (tertiary/aromatic N) is 4. The molecule has 0 spiro atoms. The van der Waals surface area contributed by atoms with E-state index in [9.17, 15) is 4.79 Å². The minimum Gasteiger partial charge on any atom is -0.377 e. The molecule has 4 aromatic rings. The van der Waals surface area contributed by atoms with Gasteiger partial charge in [-0.3, -0.25) is 13.8 Å². The van der Waals surface area contributed by atoms with Crippen LogP contribution in [0.1, 0.15) is 5.82 Å². The van der Waals surface area contributed by atoms with Crippen LogP contribution in [-0.4, -0.2) is 19.2 Å². The fourth-order valence-electron chi connectivity index (χ4n) is 2.81. The minimum atomic E-state index is -0.101. The van der Waals surface area contributed by atoms with E-state index in [0.717, 1.165) is 11.2 Å². The Morgan fingerprint density at radius 3 is 2.72 bits per heavy atom. The van der Waals surface area contributed by atoms with Gasteiger partial charge in [-0.15, -0.1) is 10.2 Å². The van der Waals surface area contributed by atoms with Crippen LogP contribution in [-0.2, 0) is 13.6 Å². The number of fused-ring (bicyclic) bond motifs is 3. The molecule has 0 unspecified atom stereocenters. The van der Waals surface area contributed by atoms with Crippen molar-refractivity contribution in [2.45, 2.75) is 6.54 Å². The van der Waals surface area contributed by atoms with Crippen molar-refractivity contribution < 1.29 is 0 Å². The second-order valence-electron chi connectivity index (χ2n) is 5.61. The van der Waals surface area contributed by atoms with Crippen LogP contribution in [0, 0.1) is 0 Å². The van der Waals surface area contributed by atoms with E-state index in [1.165, 1.54) is 4.57 Å². The zero-order chi connectivity index (χ0) is 17.6. The Bertz CT molecular complexity index is 1170. The molecule has 0 fully saturated rings. The Morgan fingerprint density at radius 2 is 1.92 bits per heavy atom. The first-order valence-electron chi connectivity index (χ1n) is 7.57. The summed E-state index contributed by atoms with van der Waals surface area (Å²) in [4.78, 5) is 12.4. The van der Waals surface area contributed by atoms with E-state index in [-0.39, 0.29) is 5.56 Å². The van der Waals surface area contributed by atoms with Gasteiger partial charge in [0.15, 0.2) is 5.82 Å². The molecule has 0 aliphatic heterocycles. The second-order valence-corrected chi connectivity index (χ2v) is 6.45. The first-order chi connectivity index (χ1) is 12.1. The monoisotopic (exact) mass is 373 g/mol. The summed E-state index contributed by atoms with van der Waals surface area (Å²) in [6.07, 6.45) is 0. The Morgan fingerprint density at radius 1 is 1.12 bits per heavy atom. The van der Waals surface area contributed by atoms with Crippen molar-refractivity contribution >= 4 is 45.6 Å². The molecular weight excluding hydrogens is 361 g/mol. The number of halogens is 2. The van der Waals surface area contributed by atoms with Crippen molar-refractivity contribution in [3.8, 4) is 0 Å². The summed E-state index contributed by atoms with van der Waals surface area (Å²) < 4.78 is 3.36. The van der Waals surface area contributed by atoms with Crippen LogP contribution in [0.3, 0.4) is 0 Å². The number of hydrogen-bond donors (Lipinski definition) is 1. The van der Waals surface area contributed by atoms with Crippen molar-refractivity contribution in [2.75, 3.05) is 5.32 Å². The molecule has 25 heavy (non-hydrogen) atoms. The van der Waals surface area contributed by atoms with Crippen LogP contribution in [0.15, 0.2) is 47.3 Å². The number of para-hydroxylation sites is 1. The average molecular weight is 374 g/mol. The summed E-state index contributed by atoms with van der Waals surface area (Å²) in [7, 11) is 1.69. The predicted molar refractivity (Wildman–Crippen MR) is 99.5 cm³/mol. The van der Waals surface area contributed by atoms with Crippen LogP contribution in [0.25, 0.3) is 16.7 Å². The number of nitrogens with one attached hydrogen (secondary N) is 1. The van der Waals surface area contributed by atoms with Gasteiger partial charge in [0.05, 0.1) is 28.2 Å². The zero-order valence-corrected chi connectivity index (χ0v) is 14.7. The van der Waals surface area contributed by atoms with Crippen molar-refractivity contribution in [3.05, 3.63) is 68.7 Å². The molecule has 8 heteroatoms. The first-order valence-corrected chi connectivity index (χ1v) is 8.32. The Kier molecular flexibility index (Phi) is 3.86. The van der Waals surface area contributed by atoms with Crippen LogP contribution in [0.2, 0.25) is 10.0 Å². The van der Waals surface area contributed by atoms with Gasteiger partial charge in [0.2, 0.25) is 5.78 Å². The fourth-order valence-corrected chi connectivity index (χ4v) is 3.29. The van der Waals surface area contributed by atoms with Gasteiger partial charge < -0.3 is 5.32 Å². The third-order valence-corrected chi connectivity index (χ3v) is 4.61. The highest BCUT2D eigenvalue weighted by atomic mass is 35.5. The van der Waals surface area contributed by atoms with Crippen molar-refractivity contribution in [1.29, 1.82) is 0 Å². The van der Waals surface area contributed by atoms with Gasteiger partial charge in [0, 0.05) is 12.1 Å². The summed E-state index contributed by atoms with van der Waals surface area (Å²) in [6, 6.07) is 12.6. The van der Waals surface area contributed by atoms with E-state index in [0.29, 0.717) is 33.6 Å². The zero-order valence-electron chi connectivity index (χ0n) is 13.2. The highest BCUT2D eigenvalue weighted by Crippen LogP contribution is 2.26. The SMILES string of the molecule is Cn1c(=O)c2ccccc2n2c(CNc3ccc(Cl)cc3Cl)nnc12. The molecule has 6 nitrogen and oxygen atoms in total. The quantitative estimate of drug-likeness (QED) is 0.596. The van der Waals surface area contributed by atoms with E-state index >= 15 is 0 Å². The van der Waals surface area contributed by atoms with Gasteiger partial charge in [-0.25, -0.2) is 0 Å². The molecule has 0 aliphatic rings. The number of aryl methyl sites for hydroxylation is 1. The minimum absolute atomic E-state index is 0.101. The number of anilines is 1. The summed E-state index contributed by atoms with van der Waals surface area (Å²) in [5.74, 6) is 1.16. The molecule has 0 bridgehead atoms. The molecule has 0 amide bonds. The molecule has 0 saturated heterocycles. The topological polar surface area (TPSA) is 64.2 Å². The molecule has 4 rings (SSSR count). The number of benzene rings is 2. The lowest BCUT2D eigenvalue weighted by Crippen LogP contribution is -2.20. The normalized spacial score (nSPS) is 11.3. The van der Waals surface area contributed by atoms with E-state index in [2.05, 4.69) is 15.5 Å². The predicted octanol–water partition coefficient (Wildman–Crippen LogP) is 3.50. The molecule has 1 N–H and O–H groups in total. The Hall–Kier alpha value is -2.57. The maximum absolute atomic E-state index is 12.4. The second kappa shape index (κ2) is 6.06. The van der Waals surface area contributed by atoms with Gasteiger partial charge >= 0.3 is 0 Å². The lowest BCUT2D eigenvalue weighted by atomic mass is 10.2. The lowest BCUT2D eigenvalue weighted by molar-refractivity contribution is 0.855. The highest BCUT2D eigenvalue weighted by Gasteiger charge is 2.14. The van der Waals surface area contributed by atoms with Gasteiger partial charge in [0.1, 0.15) is 0 Å². The smallest absolute Gasteiger partial charge is 0.262 e. The van der Waals surface area contributed by atoms with Gasteiger partial charge in [-0.1, -0.05) is 35.3 Å². The maximum atomic E-state index is 12.4. The first kappa shape index (κ1) is 15.9. The van der Waals surface area contributed by atoms with E-state index in [1.54, 1.807) is 25.2 Å². The standard InChI is InChI=1S/C17H13Cl2N5O/c1-23-16(25)11-4-2-3-5-14(11)24-15(21-22-17(23)24)9-20-13-7-6-10(18)8-12(13)19/h2-8,20H,9H2,1H3. The molecule has 126 valence electrons. The molecular formula is C17H13Cl2N5O. The molecule has 0 radical (unpaired) electrons. The van der Waals surface area contributed by atoms with Crippen LogP contribution >= 0.6 is 23.2 Å². The molecule has 2 aromatic carbocycles. The summed E-state index contributed by atoms with van der Waals surface area (Å²) >= 11 is 12.1. The largest absolute Gasteiger partial charge is 0.377 e. The number of aromatic nitrogens is 4. The average Bonchev–Trinajstić information content (AvgIpc) is 3.03. The third kappa shape index (κ3) is 2.63. The molecule has 0 saturated carbocycles. The summed E-state index contributed by atoms with van der Waals surface area (Å²) in [6.45, 7) is 0.394. The third-order valence-electron chi connectivity index (χ3n) is 4.06. The Balaban J connectivity index is 1.82. The van der Waals surface area contributed by atoms with Crippen LogP contribution < -0.4 is 10.9 Å². The molecule has 2 aromatic heterocycles. The Labute approximate surface area is 152 Å². The van der Waals surface area contributed by atoms with Gasteiger partial charge in [-0.2, -0.15) is 0 Å². The maximum Gasteiger partial charge on any atom is 0.262 e. The summed E-state index contributed by atoms with van der Waals surface area (Å²) in [5.41, 5.74) is 1.41. The van der Waals surface area contributed by atoms with Crippen molar-refractivity contribution in [2.24, 2.45) is 7.05 Å². The van der Waals surface area contributed by atoms with E-state index in [4.69, 9.17) is 23.2 Å². The van der Waals surface area contributed by atoms with Gasteiger partial charge in [-0.05, 0) is 30.3 Å². The van der Waals surface area contributed by atoms with Crippen molar-refractivity contribution in [1.82, 2.24) is 19.2 Å².